The summed E-state index contributed by atoms with van der Waals surface area (Å²) in [5.41, 5.74) is 2.22. The number of benzene rings is 1. The van der Waals surface area contributed by atoms with E-state index in [1.807, 2.05) is 6.92 Å². The van der Waals surface area contributed by atoms with Gasteiger partial charge in [0.15, 0.2) is 5.96 Å². The Morgan fingerprint density at radius 3 is 2.63 bits per heavy atom. The van der Waals surface area contributed by atoms with Gasteiger partial charge in [0.1, 0.15) is 15.6 Å². The Labute approximate surface area is 163 Å². The lowest BCUT2D eigenvalue weighted by molar-refractivity contribution is 0.154. The fraction of sp³-hybridized carbons (Fsp3) is 0.632. The van der Waals surface area contributed by atoms with Gasteiger partial charge in [-0.2, -0.15) is 0 Å². The Hall–Kier alpha value is -1.80. The van der Waals surface area contributed by atoms with Gasteiger partial charge in [-0.15, -0.1) is 0 Å². The molecule has 2 N–H and O–H groups in total. The number of aryl methyl sites for hydroxylation is 1. The molecule has 154 valence electrons. The van der Waals surface area contributed by atoms with Crippen LogP contribution in [0.4, 0.5) is 0 Å². The molecule has 0 fully saturated rings. The van der Waals surface area contributed by atoms with Crippen LogP contribution >= 0.6 is 0 Å². The molecule has 27 heavy (non-hydrogen) atoms. The van der Waals surface area contributed by atoms with Crippen LogP contribution in [0.15, 0.2) is 23.2 Å². The minimum atomic E-state index is -2.98. The zero-order chi connectivity index (χ0) is 20.3. The smallest absolute Gasteiger partial charge is 0.191 e. The molecule has 1 aromatic rings. The summed E-state index contributed by atoms with van der Waals surface area (Å²) in [4.78, 5) is 4.19. The van der Waals surface area contributed by atoms with Crippen molar-refractivity contribution in [1.29, 1.82) is 0 Å². The SMILES string of the molecule is CCC(C)Oc1cc(C)ccc1CNC(=NC)NCCOCCS(C)(=O)=O. The number of rotatable bonds is 11. The molecule has 0 amide bonds. The average Bonchev–Trinajstić information content (AvgIpc) is 2.60. The highest BCUT2D eigenvalue weighted by atomic mass is 32.2. The van der Waals surface area contributed by atoms with Crippen molar-refractivity contribution in [3.05, 3.63) is 29.3 Å². The third-order valence-corrected chi connectivity index (χ3v) is 4.84. The van der Waals surface area contributed by atoms with Gasteiger partial charge in [0.05, 0.1) is 25.1 Å². The molecular formula is C19H33N3O4S. The zero-order valence-electron chi connectivity index (χ0n) is 17.0. The average molecular weight is 400 g/mol. The van der Waals surface area contributed by atoms with Gasteiger partial charge in [-0.3, -0.25) is 4.99 Å². The maximum absolute atomic E-state index is 11.0. The molecule has 1 rings (SSSR count). The first-order valence-corrected chi connectivity index (χ1v) is 11.3. The standard InChI is InChI=1S/C19H33N3O4S/c1-6-16(3)26-18-13-15(2)7-8-17(18)14-22-19(20-4)21-9-10-25-11-12-27(5,23)24/h7-8,13,16H,6,9-12,14H2,1-5H3,(H2,20,21,22). The lowest BCUT2D eigenvalue weighted by Gasteiger charge is -2.18. The van der Waals surface area contributed by atoms with Gasteiger partial charge in [-0.25, -0.2) is 8.42 Å². The quantitative estimate of drug-likeness (QED) is 0.336. The maximum atomic E-state index is 11.0. The van der Waals surface area contributed by atoms with Gasteiger partial charge < -0.3 is 20.1 Å². The Morgan fingerprint density at radius 2 is 2.00 bits per heavy atom. The van der Waals surface area contributed by atoms with Crippen molar-refractivity contribution < 1.29 is 17.9 Å². The summed E-state index contributed by atoms with van der Waals surface area (Å²) in [6.45, 7) is 7.93. The van der Waals surface area contributed by atoms with Gasteiger partial charge >= 0.3 is 0 Å². The van der Waals surface area contributed by atoms with Gasteiger partial charge in [0.25, 0.3) is 0 Å². The summed E-state index contributed by atoms with van der Waals surface area (Å²) in [6.07, 6.45) is 2.31. The van der Waals surface area contributed by atoms with E-state index in [9.17, 15) is 8.42 Å². The Balaban J connectivity index is 2.46. The second kappa shape index (κ2) is 11.8. The Morgan fingerprint density at radius 1 is 1.26 bits per heavy atom. The van der Waals surface area contributed by atoms with E-state index in [-0.39, 0.29) is 18.5 Å². The van der Waals surface area contributed by atoms with E-state index < -0.39 is 9.84 Å². The summed E-state index contributed by atoms with van der Waals surface area (Å²) in [5, 5.41) is 6.40. The van der Waals surface area contributed by atoms with Crippen LogP contribution < -0.4 is 15.4 Å². The number of ether oxygens (including phenoxy) is 2. The highest BCUT2D eigenvalue weighted by Crippen LogP contribution is 2.22. The molecule has 0 radical (unpaired) electrons. The fourth-order valence-corrected chi connectivity index (χ4v) is 2.59. The van der Waals surface area contributed by atoms with Gasteiger partial charge in [0, 0.05) is 32.0 Å². The second-order valence-electron chi connectivity index (χ2n) is 6.54. The number of hydrogen-bond acceptors (Lipinski definition) is 5. The molecule has 0 spiro atoms. The number of nitrogens with zero attached hydrogens (tertiary/aromatic N) is 1. The Bertz CT molecular complexity index is 705. The topological polar surface area (TPSA) is 89.0 Å². The first-order chi connectivity index (χ1) is 12.7. The van der Waals surface area contributed by atoms with Crippen molar-refractivity contribution in [2.45, 2.75) is 39.8 Å². The van der Waals surface area contributed by atoms with Crippen molar-refractivity contribution in [3.63, 3.8) is 0 Å². The third kappa shape index (κ3) is 10.2. The van der Waals surface area contributed by atoms with Crippen molar-refractivity contribution in [2.24, 2.45) is 4.99 Å². The number of sulfone groups is 1. The largest absolute Gasteiger partial charge is 0.490 e. The molecule has 7 nitrogen and oxygen atoms in total. The predicted octanol–water partition coefficient (Wildman–Crippen LogP) is 1.90. The van der Waals surface area contributed by atoms with E-state index in [0.29, 0.717) is 25.7 Å². The first kappa shape index (κ1) is 23.2. The molecular weight excluding hydrogens is 366 g/mol. The van der Waals surface area contributed by atoms with Crippen LogP contribution in [0.1, 0.15) is 31.4 Å². The maximum Gasteiger partial charge on any atom is 0.191 e. The molecule has 1 atom stereocenters. The van der Waals surface area contributed by atoms with Crippen LogP contribution in [0.2, 0.25) is 0 Å². The van der Waals surface area contributed by atoms with Crippen LogP contribution in [-0.2, 0) is 21.1 Å². The van der Waals surface area contributed by atoms with Crippen LogP contribution in [0, 0.1) is 6.92 Å². The van der Waals surface area contributed by atoms with E-state index in [1.54, 1.807) is 7.05 Å². The predicted molar refractivity (Wildman–Crippen MR) is 110 cm³/mol. The highest BCUT2D eigenvalue weighted by Gasteiger charge is 2.09. The molecule has 0 saturated carbocycles. The monoisotopic (exact) mass is 399 g/mol. The summed E-state index contributed by atoms with van der Waals surface area (Å²) in [6, 6.07) is 6.17. The third-order valence-electron chi connectivity index (χ3n) is 3.93. The van der Waals surface area contributed by atoms with Crippen molar-refractivity contribution in [2.75, 3.05) is 38.8 Å². The molecule has 1 unspecified atom stereocenters. The number of guanidine groups is 1. The summed E-state index contributed by atoms with van der Waals surface area (Å²) in [5.74, 6) is 1.57. The van der Waals surface area contributed by atoms with Crippen LogP contribution in [-0.4, -0.2) is 59.3 Å². The highest BCUT2D eigenvalue weighted by molar-refractivity contribution is 7.90. The van der Waals surface area contributed by atoms with E-state index in [4.69, 9.17) is 9.47 Å². The molecule has 8 heteroatoms. The lowest BCUT2D eigenvalue weighted by atomic mass is 10.1. The second-order valence-corrected chi connectivity index (χ2v) is 8.80. The minimum Gasteiger partial charge on any atom is -0.490 e. The van der Waals surface area contributed by atoms with Crippen LogP contribution in [0.5, 0.6) is 5.75 Å². The van der Waals surface area contributed by atoms with E-state index >= 15 is 0 Å². The molecule has 0 aromatic heterocycles. The molecule has 0 bridgehead atoms. The minimum absolute atomic E-state index is 0.0341. The number of hydrogen-bond donors (Lipinski definition) is 2. The van der Waals surface area contributed by atoms with Crippen molar-refractivity contribution >= 4 is 15.8 Å². The van der Waals surface area contributed by atoms with Crippen molar-refractivity contribution in [3.8, 4) is 5.75 Å². The molecule has 1 aromatic carbocycles. The van der Waals surface area contributed by atoms with Gasteiger partial charge in [-0.1, -0.05) is 19.1 Å². The Kier molecular flexibility index (Phi) is 10.2. The molecule has 0 aliphatic heterocycles. The summed E-state index contributed by atoms with van der Waals surface area (Å²) in [7, 11) is -1.28. The molecule has 0 heterocycles. The van der Waals surface area contributed by atoms with Gasteiger partial charge in [0.2, 0.25) is 0 Å². The summed E-state index contributed by atoms with van der Waals surface area (Å²) >= 11 is 0. The van der Waals surface area contributed by atoms with Gasteiger partial charge in [-0.05, 0) is 31.9 Å². The van der Waals surface area contributed by atoms with E-state index in [1.165, 1.54) is 6.26 Å². The first-order valence-electron chi connectivity index (χ1n) is 9.21. The number of nitrogens with one attached hydrogen (secondary N) is 2. The van der Waals surface area contributed by atoms with Crippen LogP contribution in [0.3, 0.4) is 0 Å². The zero-order valence-corrected chi connectivity index (χ0v) is 17.9. The molecule has 0 aliphatic rings. The normalized spacial score (nSPS) is 13.3. The number of aliphatic imine (C=N–C) groups is 1. The lowest BCUT2D eigenvalue weighted by Crippen LogP contribution is -2.38. The van der Waals surface area contributed by atoms with Crippen molar-refractivity contribution in [1.82, 2.24) is 10.6 Å². The fourth-order valence-electron chi connectivity index (χ4n) is 2.17. The van der Waals surface area contributed by atoms with E-state index in [2.05, 4.69) is 47.7 Å². The molecule has 0 saturated heterocycles. The van der Waals surface area contributed by atoms with Crippen LogP contribution in [0.25, 0.3) is 0 Å². The van der Waals surface area contributed by atoms with E-state index in [0.717, 1.165) is 23.3 Å². The summed E-state index contributed by atoms with van der Waals surface area (Å²) < 4.78 is 33.4. The molecule has 0 aliphatic carbocycles.